The van der Waals surface area contributed by atoms with Crippen LogP contribution < -0.4 is 14.8 Å². The standard InChI is InChI=1S/C24H29NO5/c1-3-23(26)30-18-8-6-4-5-7-17-29-22-13-9-19(10-14-22)24(27)25-20-11-15-21(28-2)16-12-20/h3,9-16H,1,4-8,17-18H2,2H3,(H,25,27). The molecule has 2 rings (SSSR count). The van der Waals surface area contributed by atoms with E-state index >= 15 is 0 Å². The van der Waals surface area contributed by atoms with Crippen LogP contribution in [0.3, 0.4) is 0 Å². The molecule has 0 spiro atoms. The van der Waals surface area contributed by atoms with Gasteiger partial charge >= 0.3 is 5.97 Å². The summed E-state index contributed by atoms with van der Waals surface area (Å²) in [6.45, 7) is 4.43. The molecule has 2 aromatic rings. The van der Waals surface area contributed by atoms with Crippen LogP contribution in [0, 0.1) is 0 Å². The second-order valence-electron chi connectivity index (χ2n) is 6.69. The van der Waals surface area contributed by atoms with E-state index in [-0.39, 0.29) is 11.9 Å². The van der Waals surface area contributed by atoms with Gasteiger partial charge in [-0.25, -0.2) is 4.79 Å². The van der Waals surface area contributed by atoms with Crippen molar-refractivity contribution in [2.75, 3.05) is 25.6 Å². The fourth-order valence-electron chi connectivity index (χ4n) is 2.74. The molecule has 1 N–H and O–H groups in total. The van der Waals surface area contributed by atoms with Gasteiger partial charge in [-0.05, 0) is 61.4 Å². The highest BCUT2D eigenvalue weighted by Crippen LogP contribution is 2.17. The molecular formula is C24H29NO5. The van der Waals surface area contributed by atoms with Gasteiger partial charge in [0.05, 0.1) is 20.3 Å². The lowest BCUT2D eigenvalue weighted by Gasteiger charge is -2.09. The Bertz CT molecular complexity index is 799. The maximum absolute atomic E-state index is 12.3. The first kappa shape index (κ1) is 23.0. The van der Waals surface area contributed by atoms with Gasteiger partial charge in [-0.2, -0.15) is 0 Å². The summed E-state index contributed by atoms with van der Waals surface area (Å²) in [6, 6.07) is 14.3. The Balaban J connectivity index is 1.61. The van der Waals surface area contributed by atoms with Crippen molar-refractivity contribution in [1.29, 1.82) is 0 Å². The normalized spacial score (nSPS) is 10.2. The second-order valence-corrected chi connectivity index (χ2v) is 6.69. The third-order valence-corrected chi connectivity index (χ3v) is 4.43. The summed E-state index contributed by atoms with van der Waals surface area (Å²) >= 11 is 0. The fraction of sp³-hybridized carbons (Fsp3) is 0.333. The summed E-state index contributed by atoms with van der Waals surface area (Å²) in [6.07, 6.45) is 6.13. The maximum Gasteiger partial charge on any atom is 0.330 e. The van der Waals surface area contributed by atoms with Gasteiger partial charge in [0, 0.05) is 17.3 Å². The molecule has 1 amide bonds. The molecule has 30 heavy (non-hydrogen) atoms. The van der Waals surface area contributed by atoms with Crippen molar-refractivity contribution in [1.82, 2.24) is 0 Å². The highest BCUT2D eigenvalue weighted by molar-refractivity contribution is 6.04. The molecule has 6 nitrogen and oxygen atoms in total. The average Bonchev–Trinajstić information content (AvgIpc) is 2.78. The Hall–Kier alpha value is -3.28. The van der Waals surface area contributed by atoms with Crippen molar-refractivity contribution >= 4 is 17.6 Å². The van der Waals surface area contributed by atoms with Crippen LogP contribution in [0.25, 0.3) is 0 Å². The number of nitrogens with one attached hydrogen (secondary N) is 1. The number of esters is 1. The smallest absolute Gasteiger partial charge is 0.330 e. The Morgan fingerprint density at radius 1 is 0.867 bits per heavy atom. The predicted octanol–water partition coefficient (Wildman–Crippen LogP) is 5.01. The zero-order valence-corrected chi connectivity index (χ0v) is 17.4. The number of unbranched alkanes of at least 4 members (excludes halogenated alkanes) is 4. The number of benzene rings is 2. The molecule has 0 aliphatic carbocycles. The first-order valence-electron chi connectivity index (χ1n) is 10.1. The van der Waals surface area contributed by atoms with Gasteiger partial charge in [0.25, 0.3) is 5.91 Å². The van der Waals surface area contributed by atoms with E-state index in [0.29, 0.717) is 24.5 Å². The van der Waals surface area contributed by atoms with E-state index in [1.165, 1.54) is 6.08 Å². The number of carbonyl (C=O) groups excluding carboxylic acids is 2. The van der Waals surface area contributed by atoms with Gasteiger partial charge in [-0.15, -0.1) is 0 Å². The number of hydrogen-bond acceptors (Lipinski definition) is 5. The number of carbonyl (C=O) groups is 2. The van der Waals surface area contributed by atoms with Crippen molar-refractivity contribution in [2.24, 2.45) is 0 Å². The number of amides is 1. The number of hydrogen-bond donors (Lipinski definition) is 1. The van der Waals surface area contributed by atoms with Crippen LogP contribution in [0.1, 0.15) is 42.5 Å². The van der Waals surface area contributed by atoms with Gasteiger partial charge in [0.15, 0.2) is 0 Å². The third-order valence-electron chi connectivity index (χ3n) is 4.43. The molecule has 0 unspecified atom stereocenters. The zero-order chi connectivity index (χ0) is 21.6. The van der Waals surface area contributed by atoms with E-state index in [1.807, 2.05) is 0 Å². The fourth-order valence-corrected chi connectivity index (χ4v) is 2.74. The molecule has 160 valence electrons. The van der Waals surface area contributed by atoms with Gasteiger partial charge in [-0.1, -0.05) is 25.8 Å². The lowest BCUT2D eigenvalue weighted by molar-refractivity contribution is -0.137. The summed E-state index contributed by atoms with van der Waals surface area (Å²) in [5.41, 5.74) is 1.27. The summed E-state index contributed by atoms with van der Waals surface area (Å²) in [7, 11) is 1.60. The Morgan fingerprint density at radius 3 is 2.10 bits per heavy atom. The van der Waals surface area contributed by atoms with Crippen LogP contribution in [0.15, 0.2) is 61.2 Å². The minimum absolute atomic E-state index is 0.175. The number of ether oxygens (including phenoxy) is 3. The summed E-state index contributed by atoms with van der Waals surface area (Å²) in [5.74, 6) is 0.939. The van der Waals surface area contributed by atoms with Crippen molar-refractivity contribution in [3.05, 3.63) is 66.7 Å². The minimum Gasteiger partial charge on any atom is -0.497 e. The highest BCUT2D eigenvalue weighted by atomic mass is 16.5. The first-order valence-corrected chi connectivity index (χ1v) is 10.1. The highest BCUT2D eigenvalue weighted by Gasteiger charge is 2.06. The first-order chi connectivity index (χ1) is 14.6. The monoisotopic (exact) mass is 411 g/mol. The third kappa shape index (κ3) is 8.39. The Morgan fingerprint density at radius 2 is 1.47 bits per heavy atom. The molecule has 0 aliphatic heterocycles. The van der Waals surface area contributed by atoms with Gasteiger partial charge < -0.3 is 19.5 Å². The molecule has 0 fully saturated rings. The van der Waals surface area contributed by atoms with Gasteiger partial charge in [-0.3, -0.25) is 4.79 Å². The molecule has 0 aliphatic rings. The molecule has 6 heteroatoms. The topological polar surface area (TPSA) is 73.9 Å². The molecular weight excluding hydrogens is 382 g/mol. The number of methoxy groups -OCH3 is 1. The Labute approximate surface area is 177 Å². The average molecular weight is 411 g/mol. The second kappa shape index (κ2) is 13.0. The molecule has 0 saturated heterocycles. The van der Waals surface area contributed by atoms with Crippen molar-refractivity contribution < 1.29 is 23.8 Å². The van der Waals surface area contributed by atoms with Crippen LogP contribution in [-0.2, 0) is 9.53 Å². The van der Waals surface area contributed by atoms with E-state index in [2.05, 4.69) is 11.9 Å². The van der Waals surface area contributed by atoms with Crippen molar-refractivity contribution in [3.63, 3.8) is 0 Å². The summed E-state index contributed by atoms with van der Waals surface area (Å²) < 4.78 is 15.8. The predicted molar refractivity (Wildman–Crippen MR) is 117 cm³/mol. The zero-order valence-electron chi connectivity index (χ0n) is 17.4. The minimum atomic E-state index is -0.368. The van der Waals surface area contributed by atoms with E-state index in [1.54, 1.807) is 55.6 Å². The maximum atomic E-state index is 12.3. The molecule has 0 saturated carbocycles. The van der Waals surface area contributed by atoms with E-state index in [0.717, 1.165) is 43.6 Å². The van der Waals surface area contributed by atoms with E-state index in [9.17, 15) is 9.59 Å². The van der Waals surface area contributed by atoms with Crippen LogP contribution in [0.4, 0.5) is 5.69 Å². The van der Waals surface area contributed by atoms with Crippen LogP contribution in [-0.4, -0.2) is 32.2 Å². The Kier molecular flexibility index (Phi) is 10.00. The molecule has 0 atom stereocenters. The van der Waals surface area contributed by atoms with Crippen LogP contribution in [0.5, 0.6) is 11.5 Å². The molecule has 0 bridgehead atoms. The lowest BCUT2D eigenvalue weighted by Crippen LogP contribution is -2.11. The molecule has 0 aromatic heterocycles. The van der Waals surface area contributed by atoms with Crippen LogP contribution >= 0.6 is 0 Å². The molecule has 0 radical (unpaired) electrons. The quantitative estimate of drug-likeness (QED) is 0.285. The van der Waals surface area contributed by atoms with Gasteiger partial charge in [0.2, 0.25) is 0 Å². The van der Waals surface area contributed by atoms with Crippen molar-refractivity contribution in [3.8, 4) is 11.5 Å². The summed E-state index contributed by atoms with van der Waals surface area (Å²) in [5, 5.41) is 2.85. The van der Waals surface area contributed by atoms with E-state index < -0.39 is 0 Å². The SMILES string of the molecule is C=CC(=O)OCCCCCCCOc1ccc(C(=O)Nc2ccc(OC)cc2)cc1. The molecule has 2 aromatic carbocycles. The molecule has 0 heterocycles. The van der Waals surface area contributed by atoms with E-state index in [4.69, 9.17) is 14.2 Å². The largest absolute Gasteiger partial charge is 0.497 e. The van der Waals surface area contributed by atoms with Crippen LogP contribution in [0.2, 0.25) is 0 Å². The van der Waals surface area contributed by atoms with Gasteiger partial charge in [0.1, 0.15) is 11.5 Å². The summed E-state index contributed by atoms with van der Waals surface area (Å²) in [4.78, 5) is 23.2. The number of rotatable bonds is 13. The lowest BCUT2D eigenvalue weighted by atomic mass is 10.1. The number of anilines is 1. The van der Waals surface area contributed by atoms with Crippen molar-refractivity contribution in [2.45, 2.75) is 32.1 Å².